The Kier molecular flexibility index (Phi) is 2.80. The van der Waals surface area contributed by atoms with Crippen LogP contribution in [0.15, 0.2) is 22.4 Å². The van der Waals surface area contributed by atoms with Crippen LogP contribution in [-0.2, 0) is 6.54 Å². The third kappa shape index (κ3) is 2.06. The van der Waals surface area contributed by atoms with E-state index >= 15 is 0 Å². The van der Waals surface area contributed by atoms with Gasteiger partial charge in [-0.2, -0.15) is 0 Å². The second-order valence-corrected chi connectivity index (χ2v) is 8.57. The van der Waals surface area contributed by atoms with E-state index in [9.17, 15) is 4.79 Å². The van der Waals surface area contributed by atoms with Gasteiger partial charge in [0.05, 0.1) is 5.69 Å². The molecule has 4 saturated carbocycles. The van der Waals surface area contributed by atoms with Crippen LogP contribution in [0.5, 0.6) is 0 Å². The summed E-state index contributed by atoms with van der Waals surface area (Å²) < 4.78 is 1.62. The number of nitrogens with one attached hydrogen (secondary N) is 1. The van der Waals surface area contributed by atoms with Crippen molar-refractivity contribution in [2.24, 2.45) is 17.8 Å². The van der Waals surface area contributed by atoms with E-state index in [1.165, 1.54) is 49.9 Å². The van der Waals surface area contributed by atoms with Crippen molar-refractivity contribution in [2.75, 3.05) is 0 Å². The Balaban J connectivity index is 1.39. The maximum Gasteiger partial charge on any atom is 0.258 e. The van der Waals surface area contributed by atoms with Crippen molar-refractivity contribution in [3.8, 4) is 0 Å². The summed E-state index contributed by atoms with van der Waals surface area (Å²) in [5.41, 5.74) is 1.26. The Labute approximate surface area is 133 Å². The number of hydrogen-bond acceptors (Lipinski definition) is 4. The van der Waals surface area contributed by atoms with Crippen molar-refractivity contribution in [1.29, 1.82) is 0 Å². The van der Waals surface area contributed by atoms with E-state index in [4.69, 9.17) is 0 Å². The van der Waals surface area contributed by atoms with Gasteiger partial charge < -0.3 is 5.32 Å². The molecule has 0 aliphatic heterocycles. The van der Waals surface area contributed by atoms with Gasteiger partial charge in [0.2, 0.25) is 0 Å². The van der Waals surface area contributed by atoms with Crippen LogP contribution < -0.4 is 10.9 Å². The van der Waals surface area contributed by atoms with Crippen LogP contribution in [-0.4, -0.2) is 14.9 Å². The van der Waals surface area contributed by atoms with Crippen LogP contribution in [0.2, 0.25) is 0 Å². The zero-order valence-electron chi connectivity index (χ0n) is 12.6. The topological polar surface area (TPSA) is 46.4 Å². The van der Waals surface area contributed by atoms with Crippen LogP contribution in [0.3, 0.4) is 0 Å². The number of nitrogens with zero attached hydrogens (tertiary/aromatic N) is 2. The lowest BCUT2D eigenvalue weighted by Crippen LogP contribution is -2.58. The molecule has 4 nitrogen and oxygen atoms in total. The molecule has 0 aromatic carbocycles. The molecule has 2 heterocycles. The first-order valence-electron chi connectivity index (χ1n) is 8.40. The molecule has 116 valence electrons. The largest absolute Gasteiger partial charge is 0.306 e. The van der Waals surface area contributed by atoms with Gasteiger partial charge in [-0.3, -0.25) is 9.20 Å². The number of thiazole rings is 1. The molecule has 6 rings (SSSR count). The second-order valence-electron chi connectivity index (χ2n) is 7.69. The number of hydrogen-bond donors (Lipinski definition) is 1. The SMILES string of the molecule is O=c1cc(CNC23CC4CC(CC(C4)C2)C3)nc2sccn12. The Morgan fingerprint density at radius 1 is 1.23 bits per heavy atom. The predicted octanol–water partition coefficient (Wildman–Crippen LogP) is 2.81. The van der Waals surface area contributed by atoms with E-state index < -0.39 is 0 Å². The summed E-state index contributed by atoms with van der Waals surface area (Å²) in [5.74, 6) is 2.83. The Morgan fingerprint density at radius 3 is 2.59 bits per heavy atom. The Hall–Kier alpha value is -1.20. The molecule has 2 aromatic rings. The van der Waals surface area contributed by atoms with Crippen molar-refractivity contribution >= 4 is 16.3 Å². The van der Waals surface area contributed by atoms with Gasteiger partial charge in [0.15, 0.2) is 4.96 Å². The fraction of sp³-hybridized carbons (Fsp3) is 0.647. The van der Waals surface area contributed by atoms with Crippen LogP contribution in [0.4, 0.5) is 0 Å². The van der Waals surface area contributed by atoms with E-state index in [1.807, 2.05) is 5.38 Å². The molecular formula is C17H21N3OS. The molecule has 2 aromatic heterocycles. The molecule has 0 radical (unpaired) electrons. The third-order valence-electron chi connectivity index (χ3n) is 6.04. The maximum atomic E-state index is 12.1. The highest BCUT2D eigenvalue weighted by Gasteiger charge is 2.50. The summed E-state index contributed by atoms with van der Waals surface area (Å²) in [5, 5.41) is 5.74. The molecule has 4 fully saturated rings. The van der Waals surface area contributed by atoms with Gasteiger partial charge in [-0.15, -0.1) is 11.3 Å². The smallest absolute Gasteiger partial charge is 0.258 e. The van der Waals surface area contributed by atoms with Crippen LogP contribution in [0.25, 0.3) is 4.96 Å². The van der Waals surface area contributed by atoms with Crippen molar-refractivity contribution in [3.05, 3.63) is 33.7 Å². The predicted molar refractivity (Wildman–Crippen MR) is 87.1 cm³/mol. The molecule has 0 saturated heterocycles. The van der Waals surface area contributed by atoms with E-state index in [2.05, 4.69) is 10.3 Å². The van der Waals surface area contributed by atoms with Crippen molar-refractivity contribution in [3.63, 3.8) is 0 Å². The number of fused-ring (bicyclic) bond motifs is 1. The fourth-order valence-corrected chi connectivity index (χ4v) is 6.32. The van der Waals surface area contributed by atoms with E-state index in [1.54, 1.807) is 16.7 Å². The van der Waals surface area contributed by atoms with E-state index in [0.717, 1.165) is 35.0 Å². The number of aromatic nitrogens is 2. The molecule has 4 bridgehead atoms. The lowest BCUT2D eigenvalue weighted by Gasteiger charge is -2.57. The van der Waals surface area contributed by atoms with Gasteiger partial charge in [-0.1, -0.05) is 0 Å². The number of rotatable bonds is 3. The van der Waals surface area contributed by atoms with Gasteiger partial charge in [0.1, 0.15) is 0 Å². The van der Waals surface area contributed by atoms with E-state index in [0.29, 0.717) is 5.54 Å². The standard InChI is InChI=1S/C17H21N3OS/c21-15-6-14(19-16-20(15)1-2-22-16)10-18-17-7-11-3-12(8-17)5-13(4-11)9-17/h1-2,6,11-13,18H,3-5,7-10H2. The molecule has 4 aliphatic carbocycles. The molecule has 4 aliphatic rings. The zero-order valence-corrected chi connectivity index (χ0v) is 13.4. The van der Waals surface area contributed by atoms with Gasteiger partial charge in [0.25, 0.3) is 5.56 Å². The summed E-state index contributed by atoms with van der Waals surface area (Å²) in [6.45, 7) is 0.732. The molecule has 0 spiro atoms. The van der Waals surface area contributed by atoms with Crippen molar-refractivity contribution in [1.82, 2.24) is 14.7 Å². The van der Waals surface area contributed by atoms with Gasteiger partial charge in [0, 0.05) is 29.7 Å². The average Bonchev–Trinajstić information content (AvgIpc) is 2.93. The summed E-state index contributed by atoms with van der Waals surface area (Å²) in [6, 6.07) is 1.69. The molecule has 22 heavy (non-hydrogen) atoms. The van der Waals surface area contributed by atoms with Crippen LogP contribution in [0.1, 0.15) is 44.2 Å². The highest BCUT2D eigenvalue weighted by Crippen LogP contribution is 2.55. The van der Waals surface area contributed by atoms with Gasteiger partial charge in [-0.05, 0) is 56.3 Å². The first-order valence-corrected chi connectivity index (χ1v) is 9.28. The molecular weight excluding hydrogens is 294 g/mol. The minimum absolute atomic E-state index is 0.0357. The summed E-state index contributed by atoms with van der Waals surface area (Å²) >= 11 is 1.53. The van der Waals surface area contributed by atoms with Gasteiger partial charge in [-0.25, -0.2) is 4.98 Å². The van der Waals surface area contributed by atoms with Crippen molar-refractivity contribution in [2.45, 2.75) is 50.6 Å². The van der Waals surface area contributed by atoms with Crippen LogP contribution >= 0.6 is 11.3 Å². The minimum atomic E-state index is 0.0357. The van der Waals surface area contributed by atoms with Crippen molar-refractivity contribution < 1.29 is 0 Å². The Bertz CT molecular complexity index is 742. The molecule has 5 heteroatoms. The lowest BCUT2D eigenvalue weighted by molar-refractivity contribution is -0.0207. The average molecular weight is 315 g/mol. The zero-order chi connectivity index (χ0) is 14.7. The third-order valence-corrected chi connectivity index (χ3v) is 6.80. The molecule has 0 amide bonds. The monoisotopic (exact) mass is 315 g/mol. The molecule has 0 unspecified atom stereocenters. The summed E-state index contributed by atoms with van der Waals surface area (Å²) in [6.07, 6.45) is 10.2. The normalized spacial score (nSPS) is 36.3. The van der Waals surface area contributed by atoms with Crippen LogP contribution in [0, 0.1) is 17.8 Å². The quantitative estimate of drug-likeness (QED) is 0.947. The summed E-state index contributed by atoms with van der Waals surface area (Å²) in [4.78, 5) is 17.5. The first-order chi connectivity index (χ1) is 10.7. The second kappa shape index (κ2) is 4.65. The van der Waals surface area contributed by atoms with E-state index in [-0.39, 0.29) is 5.56 Å². The fourth-order valence-electron chi connectivity index (χ4n) is 5.58. The Morgan fingerprint density at radius 2 is 1.91 bits per heavy atom. The first kappa shape index (κ1) is 13.3. The molecule has 1 N–H and O–H groups in total. The lowest BCUT2D eigenvalue weighted by atomic mass is 9.53. The minimum Gasteiger partial charge on any atom is -0.306 e. The summed E-state index contributed by atoms with van der Waals surface area (Å²) in [7, 11) is 0. The maximum absolute atomic E-state index is 12.1. The van der Waals surface area contributed by atoms with Gasteiger partial charge >= 0.3 is 0 Å². The highest BCUT2D eigenvalue weighted by molar-refractivity contribution is 7.15. The highest BCUT2D eigenvalue weighted by atomic mass is 32.1. The molecule has 0 atom stereocenters.